The first-order chi connectivity index (χ1) is 10.2. The smallest absolute Gasteiger partial charge is 0.140 e. The Morgan fingerprint density at radius 2 is 0.952 bits per heavy atom. The lowest BCUT2D eigenvalue weighted by molar-refractivity contribution is 0.126. The summed E-state index contributed by atoms with van der Waals surface area (Å²) in [6.07, 6.45) is 0. The quantitative estimate of drug-likeness (QED) is 0.579. The van der Waals surface area contributed by atoms with Gasteiger partial charge in [-0.3, -0.25) is 0 Å². The minimum Gasteiger partial charge on any atom is -0.376 e. The molecule has 3 aromatic carbocycles. The van der Waals surface area contributed by atoms with Crippen LogP contribution in [-0.2, 0) is 5.60 Å². The summed E-state index contributed by atoms with van der Waals surface area (Å²) in [7, 11) is 2.67. The molecule has 0 spiro atoms. The highest BCUT2D eigenvalue weighted by molar-refractivity contribution is 7.27. The van der Waals surface area contributed by atoms with E-state index in [1.165, 1.54) is 0 Å². The molecule has 0 bridgehead atoms. The van der Waals surface area contributed by atoms with Gasteiger partial charge >= 0.3 is 0 Å². The summed E-state index contributed by atoms with van der Waals surface area (Å²) in [4.78, 5) is 0. The SMILES string of the molecule is OC(c1ccccc1)(c1ccccc1)c1ccc(P)cc1. The van der Waals surface area contributed by atoms with Gasteiger partial charge in [-0.2, -0.15) is 0 Å². The molecule has 0 amide bonds. The van der Waals surface area contributed by atoms with Crippen LogP contribution in [0, 0.1) is 0 Å². The summed E-state index contributed by atoms with van der Waals surface area (Å²) in [5.41, 5.74) is 1.47. The zero-order valence-corrected chi connectivity index (χ0v) is 12.8. The summed E-state index contributed by atoms with van der Waals surface area (Å²) < 4.78 is 0. The molecule has 0 aliphatic heterocycles. The molecule has 0 aliphatic rings. The molecule has 0 aromatic heterocycles. The lowest BCUT2D eigenvalue weighted by atomic mass is 9.80. The fourth-order valence-electron chi connectivity index (χ4n) is 2.58. The largest absolute Gasteiger partial charge is 0.376 e. The molecule has 1 unspecified atom stereocenters. The third-order valence-electron chi connectivity index (χ3n) is 3.71. The lowest BCUT2D eigenvalue weighted by Crippen LogP contribution is -2.29. The van der Waals surface area contributed by atoms with Gasteiger partial charge in [0.25, 0.3) is 0 Å². The van der Waals surface area contributed by atoms with Gasteiger partial charge in [-0.05, 0) is 22.0 Å². The highest BCUT2D eigenvalue weighted by Gasteiger charge is 2.33. The van der Waals surface area contributed by atoms with Gasteiger partial charge in [-0.25, -0.2) is 0 Å². The van der Waals surface area contributed by atoms with E-state index in [-0.39, 0.29) is 0 Å². The average molecular weight is 292 g/mol. The van der Waals surface area contributed by atoms with E-state index in [1.807, 2.05) is 84.9 Å². The second-order valence-corrected chi connectivity index (χ2v) is 5.73. The molecule has 0 saturated carbocycles. The number of benzene rings is 3. The van der Waals surface area contributed by atoms with Crippen LogP contribution in [0.4, 0.5) is 0 Å². The van der Waals surface area contributed by atoms with Crippen molar-refractivity contribution in [2.75, 3.05) is 0 Å². The molecule has 2 heteroatoms. The molecular weight excluding hydrogens is 275 g/mol. The van der Waals surface area contributed by atoms with Crippen LogP contribution in [-0.4, -0.2) is 5.11 Å². The van der Waals surface area contributed by atoms with Gasteiger partial charge in [0.15, 0.2) is 0 Å². The van der Waals surface area contributed by atoms with Crippen molar-refractivity contribution in [3.05, 3.63) is 102 Å². The third kappa shape index (κ3) is 2.63. The second-order valence-electron chi connectivity index (χ2n) is 5.06. The Kier molecular flexibility index (Phi) is 3.88. The van der Waals surface area contributed by atoms with E-state index in [1.54, 1.807) is 0 Å². The van der Waals surface area contributed by atoms with Crippen molar-refractivity contribution in [3.8, 4) is 0 Å². The molecule has 0 aliphatic carbocycles. The summed E-state index contributed by atoms with van der Waals surface area (Å²) in [6.45, 7) is 0. The normalized spacial score (nSPS) is 11.3. The highest BCUT2D eigenvalue weighted by atomic mass is 31.0. The van der Waals surface area contributed by atoms with Crippen LogP contribution in [0.3, 0.4) is 0 Å². The third-order valence-corrected chi connectivity index (χ3v) is 4.10. The van der Waals surface area contributed by atoms with Crippen LogP contribution in [0.2, 0.25) is 0 Å². The molecule has 104 valence electrons. The molecule has 0 radical (unpaired) electrons. The van der Waals surface area contributed by atoms with Crippen molar-refractivity contribution >= 4 is 14.5 Å². The monoisotopic (exact) mass is 292 g/mol. The van der Waals surface area contributed by atoms with E-state index in [2.05, 4.69) is 9.24 Å². The summed E-state index contributed by atoms with van der Waals surface area (Å²) in [5.74, 6) is 0. The predicted octanol–water partition coefficient (Wildman–Crippen LogP) is 3.47. The number of hydrogen-bond donors (Lipinski definition) is 1. The van der Waals surface area contributed by atoms with Crippen molar-refractivity contribution in [2.45, 2.75) is 5.60 Å². The maximum atomic E-state index is 11.5. The standard InChI is InChI=1S/C19H17OP/c20-19(15-7-3-1-4-8-15,16-9-5-2-6-10-16)17-11-13-18(21)14-12-17/h1-14,20H,21H2. The molecule has 1 N–H and O–H groups in total. The zero-order valence-electron chi connectivity index (χ0n) is 11.6. The molecule has 1 nitrogen and oxygen atoms in total. The lowest BCUT2D eigenvalue weighted by Gasteiger charge is -2.30. The van der Waals surface area contributed by atoms with Crippen molar-refractivity contribution in [1.29, 1.82) is 0 Å². The Labute approximate surface area is 127 Å². The van der Waals surface area contributed by atoms with Crippen LogP contribution in [0.15, 0.2) is 84.9 Å². The predicted molar refractivity (Wildman–Crippen MR) is 90.8 cm³/mol. The van der Waals surface area contributed by atoms with Gasteiger partial charge in [-0.1, -0.05) is 84.9 Å². The Balaban J connectivity index is 2.23. The first kappa shape index (κ1) is 14.0. The van der Waals surface area contributed by atoms with E-state index in [0.717, 1.165) is 22.0 Å². The maximum absolute atomic E-state index is 11.5. The molecule has 3 aromatic rings. The fourth-order valence-corrected chi connectivity index (χ4v) is 2.78. The zero-order chi connectivity index (χ0) is 14.7. The van der Waals surface area contributed by atoms with Gasteiger partial charge < -0.3 is 5.11 Å². The Morgan fingerprint density at radius 3 is 1.38 bits per heavy atom. The fraction of sp³-hybridized carbons (Fsp3) is 0.0526. The van der Waals surface area contributed by atoms with Crippen LogP contribution >= 0.6 is 9.24 Å². The number of rotatable bonds is 3. The van der Waals surface area contributed by atoms with Gasteiger partial charge in [-0.15, -0.1) is 9.24 Å². The van der Waals surface area contributed by atoms with Gasteiger partial charge in [0.2, 0.25) is 0 Å². The van der Waals surface area contributed by atoms with E-state index in [9.17, 15) is 5.11 Å². The average Bonchev–Trinajstić information content (AvgIpc) is 2.56. The van der Waals surface area contributed by atoms with Crippen molar-refractivity contribution in [3.63, 3.8) is 0 Å². The van der Waals surface area contributed by atoms with Crippen LogP contribution in [0.25, 0.3) is 0 Å². The van der Waals surface area contributed by atoms with Crippen molar-refractivity contribution in [1.82, 2.24) is 0 Å². The van der Waals surface area contributed by atoms with Gasteiger partial charge in [0, 0.05) is 0 Å². The second kappa shape index (κ2) is 5.81. The van der Waals surface area contributed by atoms with Crippen molar-refractivity contribution in [2.24, 2.45) is 0 Å². The summed E-state index contributed by atoms with van der Waals surface area (Å²) in [5, 5.41) is 12.6. The molecule has 1 atom stereocenters. The van der Waals surface area contributed by atoms with Crippen LogP contribution in [0.5, 0.6) is 0 Å². The maximum Gasteiger partial charge on any atom is 0.140 e. The molecule has 0 fully saturated rings. The first-order valence-corrected chi connectivity index (χ1v) is 7.48. The minimum absolute atomic E-state index is 0.867. The first-order valence-electron chi connectivity index (χ1n) is 6.91. The number of hydrogen-bond acceptors (Lipinski definition) is 1. The molecule has 21 heavy (non-hydrogen) atoms. The summed E-state index contributed by atoms with van der Waals surface area (Å²) >= 11 is 0. The van der Waals surface area contributed by atoms with E-state index in [0.29, 0.717) is 0 Å². The van der Waals surface area contributed by atoms with Crippen LogP contribution < -0.4 is 5.30 Å². The van der Waals surface area contributed by atoms with Gasteiger partial charge in [0.1, 0.15) is 5.60 Å². The van der Waals surface area contributed by atoms with E-state index in [4.69, 9.17) is 0 Å². The topological polar surface area (TPSA) is 20.2 Å². The van der Waals surface area contributed by atoms with E-state index >= 15 is 0 Å². The highest BCUT2D eigenvalue weighted by Crippen LogP contribution is 2.36. The molecule has 0 heterocycles. The molecule has 0 saturated heterocycles. The van der Waals surface area contributed by atoms with Gasteiger partial charge in [0.05, 0.1) is 0 Å². The molecular formula is C19H17OP. The number of aliphatic hydroxyl groups is 1. The Hall–Kier alpha value is -1.95. The van der Waals surface area contributed by atoms with E-state index < -0.39 is 5.60 Å². The summed E-state index contributed by atoms with van der Waals surface area (Å²) in [6, 6.07) is 27.5. The minimum atomic E-state index is -1.14. The Morgan fingerprint density at radius 1 is 0.571 bits per heavy atom. The van der Waals surface area contributed by atoms with Crippen molar-refractivity contribution < 1.29 is 5.11 Å². The van der Waals surface area contributed by atoms with Crippen LogP contribution in [0.1, 0.15) is 16.7 Å². The molecule has 3 rings (SSSR count). The Bertz CT molecular complexity index is 666.